The lowest BCUT2D eigenvalue weighted by Crippen LogP contribution is -2.49. The van der Waals surface area contributed by atoms with Gasteiger partial charge < -0.3 is 14.7 Å². The van der Waals surface area contributed by atoms with Crippen molar-refractivity contribution in [3.8, 4) is 0 Å². The fraction of sp³-hybridized carbons (Fsp3) is 0.588. The van der Waals surface area contributed by atoms with E-state index in [1.807, 2.05) is 17.9 Å². The van der Waals surface area contributed by atoms with Gasteiger partial charge in [0.05, 0.1) is 11.4 Å². The minimum absolute atomic E-state index is 0.260. The predicted molar refractivity (Wildman–Crippen MR) is 92.0 cm³/mol. The highest BCUT2D eigenvalue weighted by Gasteiger charge is 2.24. The van der Waals surface area contributed by atoms with Crippen LogP contribution in [0.1, 0.15) is 26.2 Å². The predicted octanol–water partition coefficient (Wildman–Crippen LogP) is 3.00. The second-order valence-electron chi connectivity index (χ2n) is 6.05. The lowest BCUT2D eigenvalue weighted by atomic mass is 10.2. The molecule has 0 aromatic heterocycles. The van der Waals surface area contributed by atoms with E-state index in [-0.39, 0.29) is 5.91 Å². The van der Waals surface area contributed by atoms with E-state index in [2.05, 4.69) is 21.9 Å². The summed E-state index contributed by atoms with van der Waals surface area (Å²) in [6.07, 6.45) is 3.11. The largest absolute Gasteiger partial charge is 0.370 e. The van der Waals surface area contributed by atoms with Crippen LogP contribution in [0.15, 0.2) is 18.2 Å². The van der Waals surface area contributed by atoms with Crippen molar-refractivity contribution in [3.63, 3.8) is 0 Å². The molecule has 1 amide bonds. The zero-order valence-corrected chi connectivity index (χ0v) is 14.0. The molecule has 1 aromatic carbocycles. The number of carbonyl (C=O) groups is 1. The van der Waals surface area contributed by atoms with Gasteiger partial charge in [-0.25, -0.2) is 0 Å². The van der Waals surface area contributed by atoms with E-state index >= 15 is 0 Å². The number of halogens is 1. The summed E-state index contributed by atoms with van der Waals surface area (Å²) in [5.74, 6) is 0.260. The normalized spacial score (nSPS) is 18.9. The van der Waals surface area contributed by atoms with Crippen LogP contribution >= 0.6 is 11.6 Å². The van der Waals surface area contributed by atoms with Crippen LogP contribution in [0.2, 0.25) is 5.02 Å². The van der Waals surface area contributed by atoms with Crippen LogP contribution in [0, 0.1) is 0 Å². The van der Waals surface area contributed by atoms with Crippen molar-refractivity contribution in [1.82, 2.24) is 4.90 Å². The van der Waals surface area contributed by atoms with E-state index in [4.69, 9.17) is 11.6 Å². The Kier molecular flexibility index (Phi) is 4.77. The maximum atomic E-state index is 11.8. The maximum Gasteiger partial charge on any atom is 0.222 e. The summed E-state index contributed by atoms with van der Waals surface area (Å²) in [7, 11) is 0. The quantitative estimate of drug-likeness (QED) is 0.856. The fourth-order valence-corrected chi connectivity index (χ4v) is 3.56. The minimum atomic E-state index is 0.260. The molecule has 0 unspecified atom stereocenters. The molecule has 120 valence electrons. The van der Waals surface area contributed by atoms with Gasteiger partial charge in [0.1, 0.15) is 0 Å². The number of rotatable bonds is 3. The number of nitrogens with zero attached hydrogens (tertiary/aromatic N) is 3. The molecule has 2 fully saturated rings. The first-order chi connectivity index (χ1) is 10.7. The summed E-state index contributed by atoms with van der Waals surface area (Å²) in [5, 5.41) is 0.797. The first-order valence-corrected chi connectivity index (χ1v) is 8.64. The summed E-state index contributed by atoms with van der Waals surface area (Å²) < 4.78 is 0. The number of carbonyl (C=O) groups excluding carboxylic acids is 1. The van der Waals surface area contributed by atoms with E-state index in [0.717, 1.165) is 44.3 Å². The molecule has 0 bridgehead atoms. The first-order valence-electron chi connectivity index (χ1n) is 8.26. The number of amides is 1. The molecule has 2 heterocycles. The summed E-state index contributed by atoms with van der Waals surface area (Å²) in [6.45, 7) is 7.58. The first kappa shape index (κ1) is 15.5. The highest BCUT2D eigenvalue weighted by molar-refractivity contribution is 6.31. The van der Waals surface area contributed by atoms with Crippen LogP contribution < -0.4 is 9.80 Å². The third-order valence-electron chi connectivity index (χ3n) is 4.66. The summed E-state index contributed by atoms with van der Waals surface area (Å²) in [4.78, 5) is 18.6. The Morgan fingerprint density at radius 3 is 2.27 bits per heavy atom. The Morgan fingerprint density at radius 1 is 1.00 bits per heavy atom. The molecule has 22 heavy (non-hydrogen) atoms. The Hall–Kier alpha value is -1.42. The summed E-state index contributed by atoms with van der Waals surface area (Å²) >= 11 is 6.22. The number of benzene rings is 1. The molecule has 3 rings (SSSR count). The molecular weight excluding hydrogens is 298 g/mol. The van der Waals surface area contributed by atoms with Crippen LogP contribution in [-0.4, -0.2) is 50.1 Å². The van der Waals surface area contributed by atoms with Crippen LogP contribution in [-0.2, 0) is 4.79 Å². The smallest absolute Gasteiger partial charge is 0.222 e. The van der Waals surface area contributed by atoms with Crippen LogP contribution in [0.3, 0.4) is 0 Å². The standard InChI is InChI=1S/C17H24ClN3O/c1-2-17(22)21-11-9-20(10-12-21)15-6-5-14(18)13-16(15)19-7-3-4-8-19/h5-6,13H,2-4,7-12H2,1H3. The summed E-state index contributed by atoms with van der Waals surface area (Å²) in [6, 6.07) is 6.19. The molecule has 4 nitrogen and oxygen atoms in total. The number of hydrogen-bond donors (Lipinski definition) is 0. The van der Waals surface area contributed by atoms with Gasteiger partial charge in [-0.1, -0.05) is 18.5 Å². The SMILES string of the molecule is CCC(=O)N1CCN(c2ccc(Cl)cc2N2CCCC2)CC1. The van der Waals surface area contributed by atoms with E-state index in [1.165, 1.54) is 24.2 Å². The van der Waals surface area contributed by atoms with Gasteiger partial charge in [0.15, 0.2) is 0 Å². The number of piperazine rings is 1. The molecule has 1 aromatic rings. The van der Waals surface area contributed by atoms with Gasteiger partial charge in [-0.3, -0.25) is 4.79 Å². The van der Waals surface area contributed by atoms with Crippen molar-refractivity contribution >= 4 is 28.9 Å². The Morgan fingerprint density at radius 2 is 1.64 bits per heavy atom. The average Bonchev–Trinajstić information content (AvgIpc) is 3.08. The zero-order chi connectivity index (χ0) is 15.5. The highest BCUT2D eigenvalue weighted by Crippen LogP contribution is 2.34. The zero-order valence-electron chi connectivity index (χ0n) is 13.2. The second-order valence-corrected chi connectivity index (χ2v) is 6.49. The van der Waals surface area contributed by atoms with Gasteiger partial charge in [-0.15, -0.1) is 0 Å². The molecule has 0 N–H and O–H groups in total. The van der Waals surface area contributed by atoms with Crippen molar-refractivity contribution in [2.24, 2.45) is 0 Å². The van der Waals surface area contributed by atoms with Gasteiger partial charge in [0.2, 0.25) is 5.91 Å². The molecule has 0 saturated carbocycles. The Bertz CT molecular complexity index is 535. The summed E-state index contributed by atoms with van der Waals surface area (Å²) in [5.41, 5.74) is 2.51. The van der Waals surface area contributed by atoms with Crippen LogP contribution in [0.25, 0.3) is 0 Å². The molecule has 0 aliphatic carbocycles. The van der Waals surface area contributed by atoms with Gasteiger partial charge in [-0.2, -0.15) is 0 Å². The van der Waals surface area contributed by atoms with Crippen LogP contribution in [0.5, 0.6) is 0 Å². The molecule has 2 aliphatic heterocycles. The topological polar surface area (TPSA) is 26.8 Å². The molecule has 0 radical (unpaired) electrons. The number of hydrogen-bond acceptors (Lipinski definition) is 3. The molecule has 5 heteroatoms. The van der Waals surface area contributed by atoms with Crippen molar-refractivity contribution < 1.29 is 4.79 Å². The van der Waals surface area contributed by atoms with E-state index < -0.39 is 0 Å². The molecule has 0 spiro atoms. The van der Waals surface area contributed by atoms with Crippen molar-refractivity contribution in [3.05, 3.63) is 23.2 Å². The van der Waals surface area contributed by atoms with Crippen molar-refractivity contribution in [2.75, 3.05) is 49.1 Å². The van der Waals surface area contributed by atoms with Gasteiger partial charge in [0, 0.05) is 50.7 Å². The van der Waals surface area contributed by atoms with E-state index in [1.54, 1.807) is 0 Å². The van der Waals surface area contributed by atoms with Crippen molar-refractivity contribution in [2.45, 2.75) is 26.2 Å². The van der Waals surface area contributed by atoms with E-state index in [0.29, 0.717) is 6.42 Å². The lowest BCUT2D eigenvalue weighted by molar-refractivity contribution is -0.131. The second kappa shape index (κ2) is 6.78. The Labute approximate surface area is 137 Å². The lowest BCUT2D eigenvalue weighted by Gasteiger charge is -2.38. The van der Waals surface area contributed by atoms with Crippen molar-refractivity contribution in [1.29, 1.82) is 0 Å². The van der Waals surface area contributed by atoms with Gasteiger partial charge in [0.25, 0.3) is 0 Å². The average molecular weight is 322 g/mol. The van der Waals surface area contributed by atoms with E-state index in [9.17, 15) is 4.79 Å². The molecular formula is C17H24ClN3O. The Balaban J connectivity index is 1.76. The fourth-order valence-electron chi connectivity index (χ4n) is 3.40. The van der Waals surface area contributed by atoms with Crippen LogP contribution in [0.4, 0.5) is 11.4 Å². The third-order valence-corrected chi connectivity index (χ3v) is 4.89. The highest BCUT2D eigenvalue weighted by atomic mass is 35.5. The monoisotopic (exact) mass is 321 g/mol. The number of anilines is 2. The molecule has 0 atom stereocenters. The minimum Gasteiger partial charge on any atom is -0.370 e. The maximum absolute atomic E-state index is 11.8. The molecule has 2 saturated heterocycles. The van der Waals surface area contributed by atoms with Gasteiger partial charge >= 0.3 is 0 Å². The molecule has 2 aliphatic rings. The third kappa shape index (κ3) is 3.17. The van der Waals surface area contributed by atoms with Gasteiger partial charge in [-0.05, 0) is 31.0 Å².